The van der Waals surface area contributed by atoms with Gasteiger partial charge in [0.25, 0.3) is 0 Å². The number of amides is 1. The van der Waals surface area contributed by atoms with Crippen molar-refractivity contribution in [3.05, 3.63) is 41.7 Å². The molecule has 146 valence electrons. The zero-order chi connectivity index (χ0) is 19.7. The van der Waals surface area contributed by atoms with E-state index in [9.17, 15) is 4.79 Å². The molecule has 0 radical (unpaired) electrons. The molecule has 1 aliphatic rings. The number of hydrogen-bond acceptors (Lipinski definition) is 7. The molecule has 3 aromatic rings. The summed E-state index contributed by atoms with van der Waals surface area (Å²) in [6, 6.07) is 5.64. The van der Waals surface area contributed by atoms with Crippen LogP contribution in [0.25, 0.3) is 5.82 Å². The van der Waals surface area contributed by atoms with Gasteiger partial charge in [-0.15, -0.1) is 0 Å². The fourth-order valence-corrected chi connectivity index (χ4v) is 3.54. The third-order valence-corrected chi connectivity index (χ3v) is 4.86. The van der Waals surface area contributed by atoms with Gasteiger partial charge in [-0.25, -0.2) is 14.6 Å². The molecule has 0 bridgehead atoms. The fourth-order valence-electron chi connectivity index (χ4n) is 3.54. The quantitative estimate of drug-likeness (QED) is 0.740. The summed E-state index contributed by atoms with van der Waals surface area (Å²) in [5.41, 5.74) is 1.96. The molecule has 9 heteroatoms. The number of carbonyl (C=O) groups is 1. The topological polar surface area (TPSA) is 102 Å². The van der Waals surface area contributed by atoms with E-state index >= 15 is 0 Å². The van der Waals surface area contributed by atoms with Crippen molar-refractivity contribution in [2.45, 2.75) is 33.6 Å². The number of anilines is 2. The molecule has 4 rings (SSSR count). The largest absolute Gasteiger partial charge is 0.360 e. The van der Waals surface area contributed by atoms with Crippen molar-refractivity contribution in [2.24, 2.45) is 5.92 Å². The molecule has 1 saturated heterocycles. The van der Waals surface area contributed by atoms with Gasteiger partial charge in [-0.2, -0.15) is 5.10 Å². The summed E-state index contributed by atoms with van der Waals surface area (Å²) in [5.74, 6) is 2.45. The Morgan fingerprint density at radius 3 is 2.71 bits per heavy atom. The van der Waals surface area contributed by atoms with Gasteiger partial charge in [0.2, 0.25) is 5.91 Å². The minimum Gasteiger partial charge on any atom is -0.360 e. The first-order valence-electron chi connectivity index (χ1n) is 9.34. The van der Waals surface area contributed by atoms with E-state index in [4.69, 9.17) is 4.52 Å². The Morgan fingerprint density at radius 1 is 1.18 bits per heavy atom. The van der Waals surface area contributed by atoms with Gasteiger partial charge in [-0.05, 0) is 39.7 Å². The molecule has 1 amide bonds. The van der Waals surface area contributed by atoms with Crippen LogP contribution >= 0.6 is 0 Å². The minimum atomic E-state index is -0.141. The van der Waals surface area contributed by atoms with E-state index < -0.39 is 0 Å². The average molecular weight is 381 g/mol. The van der Waals surface area contributed by atoms with Crippen molar-refractivity contribution in [1.82, 2.24) is 24.9 Å². The summed E-state index contributed by atoms with van der Waals surface area (Å²) in [4.78, 5) is 23.5. The highest BCUT2D eigenvalue weighted by Crippen LogP contribution is 2.24. The molecular weight excluding hydrogens is 358 g/mol. The first kappa shape index (κ1) is 18.1. The van der Waals surface area contributed by atoms with Gasteiger partial charge in [-0.1, -0.05) is 5.16 Å². The lowest BCUT2D eigenvalue weighted by Crippen LogP contribution is -2.41. The lowest BCUT2D eigenvalue weighted by molar-refractivity contribution is -0.120. The van der Waals surface area contributed by atoms with Crippen molar-refractivity contribution in [1.29, 1.82) is 0 Å². The van der Waals surface area contributed by atoms with Gasteiger partial charge >= 0.3 is 0 Å². The molecule has 3 aromatic heterocycles. The maximum atomic E-state index is 12.6. The lowest BCUT2D eigenvalue weighted by Gasteiger charge is -2.32. The summed E-state index contributed by atoms with van der Waals surface area (Å²) in [5, 5.41) is 11.2. The Kier molecular flexibility index (Phi) is 4.81. The molecule has 1 fully saturated rings. The summed E-state index contributed by atoms with van der Waals surface area (Å²) in [7, 11) is 0. The minimum absolute atomic E-state index is 0.0502. The zero-order valence-corrected chi connectivity index (χ0v) is 16.2. The standard InChI is InChI=1S/C19H23N7O2/c1-12-7-13(2)26(23-12)18-9-17(20-11-21-18)25-6-4-5-15(10-25)19(27)22-16-8-14(3)28-24-16/h7-9,11,15H,4-6,10H2,1-3H3,(H,22,24,27)/t15-/m0/s1. The van der Waals surface area contributed by atoms with E-state index in [0.29, 0.717) is 18.1 Å². The normalized spacial score (nSPS) is 17.0. The Morgan fingerprint density at radius 2 is 2.00 bits per heavy atom. The van der Waals surface area contributed by atoms with Gasteiger partial charge in [0, 0.05) is 30.9 Å². The zero-order valence-electron chi connectivity index (χ0n) is 16.2. The molecule has 0 aliphatic carbocycles. The molecular formula is C19H23N7O2. The van der Waals surface area contributed by atoms with Crippen LogP contribution in [0.2, 0.25) is 0 Å². The van der Waals surface area contributed by atoms with Crippen molar-refractivity contribution >= 4 is 17.5 Å². The van der Waals surface area contributed by atoms with E-state index in [-0.39, 0.29) is 11.8 Å². The summed E-state index contributed by atoms with van der Waals surface area (Å²) in [6.45, 7) is 7.18. The van der Waals surface area contributed by atoms with Crippen LogP contribution in [0.1, 0.15) is 30.0 Å². The highest BCUT2D eigenvalue weighted by molar-refractivity contribution is 5.92. The molecule has 0 saturated carbocycles. The van der Waals surface area contributed by atoms with Crippen molar-refractivity contribution in [3.8, 4) is 5.82 Å². The second-order valence-corrected chi connectivity index (χ2v) is 7.17. The Labute approximate surface area is 162 Å². The Bertz CT molecular complexity index is 994. The monoisotopic (exact) mass is 381 g/mol. The predicted octanol–water partition coefficient (Wildman–Crippen LogP) is 2.43. The van der Waals surface area contributed by atoms with Crippen LogP contribution < -0.4 is 10.2 Å². The van der Waals surface area contributed by atoms with Gasteiger partial charge in [0.1, 0.15) is 17.9 Å². The van der Waals surface area contributed by atoms with E-state index in [2.05, 4.69) is 30.4 Å². The average Bonchev–Trinajstić information content (AvgIpc) is 3.26. The van der Waals surface area contributed by atoms with Crippen molar-refractivity contribution < 1.29 is 9.32 Å². The summed E-state index contributed by atoms with van der Waals surface area (Å²) < 4.78 is 6.82. The Hall–Kier alpha value is -3.23. The third kappa shape index (κ3) is 3.73. The van der Waals surface area contributed by atoms with Gasteiger partial charge in [-0.3, -0.25) is 4.79 Å². The number of nitrogens with zero attached hydrogens (tertiary/aromatic N) is 6. The fraction of sp³-hybridized carbons (Fsp3) is 0.421. The molecule has 0 spiro atoms. The number of rotatable bonds is 4. The molecule has 1 atom stereocenters. The Balaban J connectivity index is 1.49. The molecule has 9 nitrogen and oxygen atoms in total. The van der Waals surface area contributed by atoms with Crippen LogP contribution in [0.15, 0.2) is 29.0 Å². The van der Waals surface area contributed by atoms with Crippen LogP contribution in [-0.4, -0.2) is 43.9 Å². The second kappa shape index (κ2) is 7.41. The molecule has 28 heavy (non-hydrogen) atoms. The van der Waals surface area contributed by atoms with Gasteiger partial charge in [0.15, 0.2) is 11.6 Å². The number of aryl methyl sites for hydroxylation is 3. The highest BCUT2D eigenvalue weighted by Gasteiger charge is 2.27. The maximum absolute atomic E-state index is 12.6. The van der Waals surface area contributed by atoms with Crippen molar-refractivity contribution in [2.75, 3.05) is 23.3 Å². The molecule has 0 aromatic carbocycles. The van der Waals surface area contributed by atoms with Crippen LogP contribution in [0.3, 0.4) is 0 Å². The molecule has 4 heterocycles. The second-order valence-electron chi connectivity index (χ2n) is 7.17. The van der Waals surface area contributed by atoms with Crippen LogP contribution in [-0.2, 0) is 4.79 Å². The van der Waals surface area contributed by atoms with E-state index in [1.165, 1.54) is 0 Å². The predicted molar refractivity (Wildman–Crippen MR) is 103 cm³/mol. The van der Waals surface area contributed by atoms with Gasteiger partial charge < -0.3 is 14.7 Å². The van der Waals surface area contributed by atoms with Gasteiger partial charge in [0.05, 0.1) is 11.6 Å². The summed E-state index contributed by atoms with van der Waals surface area (Å²) >= 11 is 0. The lowest BCUT2D eigenvalue weighted by atomic mass is 9.97. The number of piperidine rings is 1. The SMILES string of the molecule is Cc1cc(C)n(-c2cc(N3CCC[C@H](C(=O)Nc4cc(C)on4)C3)ncn2)n1. The summed E-state index contributed by atoms with van der Waals surface area (Å²) in [6.07, 6.45) is 3.28. The smallest absolute Gasteiger partial charge is 0.230 e. The van der Waals surface area contributed by atoms with Crippen LogP contribution in [0, 0.1) is 26.7 Å². The van der Waals surface area contributed by atoms with E-state index in [1.807, 2.05) is 30.7 Å². The highest BCUT2D eigenvalue weighted by atomic mass is 16.5. The number of aromatic nitrogens is 5. The molecule has 0 unspecified atom stereocenters. The maximum Gasteiger partial charge on any atom is 0.230 e. The molecule has 1 aliphatic heterocycles. The number of nitrogens with one attached hydrogen (secondary N) is 1. The first-order chi connectivity index (χ1) is 13.5. The first-order valence-corrected chi connectivity index (χ1v) is 9.34. The third-order valence-electron chi connectivity index (χ3n) is 4.86. The van der Waals surface area contributed by atoms with Crippen molar-refractivity contribution in [3.63, 3.8) is 0 Å². The number of hydrogen-bond donors (Lipinski definition) is 1. The molecule has 1 N–H and O–H groups in total. The van der Waals surface area contributed by atoms with E-state index in [1.54, 1.807) is 19.3 Å². The van der Waals surface area contributed by atoms with E-state index in [0.717, 1.165) is 42.4 Å². The van der Waals surface area contributed by atoms with Crippen LogP contribution in [0.5, 0.6) is 0 Å². The van der Waals surface area contributed by atoms with Crippen LogP contribution in [0.4, 0.5) is 11.6 Å². The number of carbonyl (C=O) groups excluding carboxylic acids is 1.